The smallest absolute Gasteiger partial charge is 0.133 e. The Labute approximate surface area is 99.9 Å². The van der Waals surface area contributed by atoms with Crippen LogP contribution in [-0.4, -0.2) is 10.2 Å². The molecule has 0 aliphatic rings. The summed E-state index contributed by atoms with van der Waals surface area (Å²) >= 11 is 0. The molecule has 0 saturated heterocycles. The van der Waals surface area contributed by atoms with Crippen molar-refractivity contribution in [2.45, 2.75) is 13.2 Å². The number of ether oxygens (including phenoxy) is 1. The Morgan fingerprint density at radius 2 is 1.59 bits per heavy atom. The molecular formula is C14H14O3. The summed E-state index contributed by atoms with van der Waals surface area (Å²) in [6.07, 6.45) is 0. The van der Waals surface area contributed by atoms with E-state index >= 15 is 0 Å². The quantitative estimate of drug-likeness (QED) is 0.848. The van der Waals surface area contributed by atoms with Crippen LogP contribution in [0, 0.1) is 0 Å². The summed E-state index contributed by atoms with van der Waals surface area (Å²) in [5.74, 6) is 1.28. The molecule has 17 heavy (non-hydrogen) atoms. The summed E-state index contributed by atoms with van der Waals surface area (Å²) in [6, 6.07) is 14.7. The molecule has 2 aromatic rings. The highest BCUT2D eigenvalue weighted by Crippen LogP contribution is 2.27. The third-order valence-corrected chi connectivity index (χ3v) is 2.53. The maximum absolute atomic E-state index is 9.32. The van der Waals surface area contributed by atoms with Crippen LogP contribution in [0.25, 0.3) is 0 Å². The van der Waals surface area contributed by atoms with Crippen molar-refractivity contribution < 1.29 is 14.9 Å². The van der Waals surface area contributed by atoms with Gasteiger partial charge in [0.25, 0.3) is 0 Å². The van der Waals surface area contributed by atoms with Gasteiger partial charge in [0.1, 0.15) is 11.5 Å². The fourth-order valence-corrected chi connectivity index (χ4v) is 1.65. The van der Waals surface area contributed by atoms with Crippen LogP contribution < -0.4 is 4.74 Å². The average Bonchev–Trinajstić information content (AvgIpc) is 2.39. The van der Waals surface area contributed by atoms with Gasteiger partial charge in [0, 0.05) is 5.56 Å². The number of benzene rings is 2. The van der Waals surface area contributed by atoms with Gasteiger partial charge in [-0.3, -0.25) is 0 Å². The Morgan fingerprint density at radius 3 is 2.24 bits per heavy atom. The van der Waals surface area contributed by atoms with Gasteiger partial charge in [-0.15, -0.1) is 0 Å². The topological polar surface area (TPSA) is 49.7 Å². The lowest BCUT2D eigenvalue weighted by Gasteiger charge is -2.12. The fraction of sp³-hybridized carbons (Fsp3) is 0.143. The summed E-state index contributed by atoms with van der Waals surface area (Å²) in [4.78, 5) is 0. The number of aliphatic hydroxyl groups is 2. The number of hydrogen-bond donors (Lipinski definition) is 2. The zero-order valence-electron chi connectivity index (χ0n) is 9.34. The summed E-state index contributed by atoms with van der Waals surface area (Å²) in [5.41, 5.74) is 1.31. The second kappa shape index (κ2) is 5.48. The predicted molar refractivity (Wildman–Crippen MR) is 64.8 cm³/mol. The van der Waals surface area contributed by atoms with E-state index in [9.17, 15) is 10.2 Å². The minimum Gasteiger partial charge on any atom is -0.457 e. The molecule has 2 aromatic carbocycles. The summed E-state index contributed by atoms with van der Waals surface area (Å²) in [5, 5.41) is 18.5. The van der Waals surface area contributed by atoms with Gasteiger partial charge in [-0.05, 0) is 23.8 Å². The molecule has 0 spiro atoms. The lowest BCUT2D eigenvalue weighted by Crippen LogP contribution is -1.97. The molecule has 0 saturated carbocycles. The molecule has 2 N–H and O–H groups in total. The number of para-hydroxylation sites is 1. The Balaban J connectivity index is 2.33. The molecule has 0 fully saturated rings. The van der Waals surface area contributed by atoms with Crippen molar-refractivity contribution in [3.8, 4) is 11.5 Å². The molecule has 3 heteroatoms. The Kier molecular flexibility index (Phi) is 3.75. The van der Waals surface area contributed by atoms with Gasteiger partial charge in [-0.25, -0.2) is 0 Å². The van der Waals surface area contributed by atoms with Crippen LogP contribution in [0.3, 0.4) is 0 Å². The number of aliphatic hydroxyl groups excluding tert-OH is 2. The second-order valence-electron chi connectivity index (χ2n) is 3.63. The first kappa shape index (κ1) is 11.6. The predicted octanol–water partition coefficient (Wildman–Crippen LogP) is 2.46. The van der Waals surface area contributed by atoms with Crippen LogP contribution in [0.1, 0.15) is 11.1 Å². The first-order valence-electron chi connectivity index (χ1n) is 5.40. The lowest BCUT2D eigenvalue weighted by atomic mass is 10.1. The van der Waals surface area contributed by atoms with Gasteiger partial charge in [0.05, 0.1) is 13.2 Å². The maximum atomic E-state index is 9.32. The van der Waals surface area contributed by atoms with Crippen LogP contribution in [0.2, 0.25) is 0 Å². The van der Waals surface area contributed by atoms with Gasteiger partial charge >= 0.3 is 0 Å². The van der Waals surface area contributed by atoms with Crippen molar-refractivity contribution in [1.82, 2.24) is 0 Å². The maximum Gasteiger partial charge on any atom is 0.133 e. The van der Waals surface area contributed by atoms with Gasteiger partial charge in [-0.1, -0.05) is 30.3 Å². The largest absolute Gasteiger partial charge is 0.457 e. The molecule has 0 bridgehead atoms. The van der Waals surface area contributed by atoms with Crippen LogP contribution in [0.15, 0.2) is 48.5 Å². The van der Waals surface area contributed by atoms with Crippen LogP contribution in [-0.2, 0) is 13.2 Å². The normalized spacial score (nSPS) is 10.2. The van der Waals surface area contributed by atoms with Gasteiger partial charge in [-0.2, -0.15) is 0 Å². The van der Waals surface area contributed by atoms with E-state index < -0.39 is 0 Å². The zero-order chi connectivity index (χ0) is 12.1. The average molecular weight is 230 g/mol. The van der Waals surface area contributed by atoms with Gasteiger partial charge in [0.2, 0.25) is 0 Å². The van der Waals surface area contributed by atoms with Crippen molar-refractivity contribution >= 4 is 0 Å². The number of rotatable bonds is 4. The van der Waals surface area contributed by atoms with E-state index in [1.807, 2.05) is 30.3 Å². The summed E-state index contributed by atoms with van der Waals surface area (Å²) in [7, 11) is 0. The Bertz CT molecular complexity index is 480. The summed E-state index contributed by atoms with van der Waals surface area (Å²) in [6.45, 7) is -0.263. The molecule has 0 aliphatic carbocycles. The molecule has 3 nitrogen and oxygen atoms in total. The van der Waals surface area contributed by atoms with E-state index in [4.69, 9.17) is 4.74 Å². The third-order valence-electron chi connectivity index (χ3n) is 2.53. The van der Waals surface area contributed by atoms with Crippen molar-refractivity contribution in [1.29, 1.82) is 0 Å². The molecule has 88 valence electrons. The minimum atomic E-state index is -0.154. The van der Waals surface area contributed by atoms with Crippen molar-refractivity contribution in [2.75, 3.05) is 0 Å². The van der Waals surface area contributed by atoms with Crippen molar-refractivity contribution in [3.05, 3.63) is 59.7 Å². The van der Waals surface area contributed by atoms with Gasteiger partial charge in [0.15, 0.2) is 0 Å². The monoisotopic (exact) mass is 230 g/mol. The minimum absolute atomic E-state index is 0.109. The molecule has 0 aliphatic heterocycles. The first-order valence-corrected chi connectivity index (χ1v) is 5.40. The molecule has 0 atom stereocenters. The van der Waals surface area contributed by atoms with E-state index in [1.54, 1.807) is 18.2 Å². The van der Waals surface area contributed by atoms with Crippen LogP contribution >= 0.6 is 0 Å². The fourth-order valence-electron chi connectivity index (χ4n) is 1.65. The molecule has 0 radical (unpaired) electrons. The summed E-state index contributed by atoms with van der Waals surface area (Å²) < 4.78 is 5.67. The Hall–Kier alpha value is -1.84. The number of hydrogen-bond acceptors (Lipinski definition) is 3. The lowest BCUT2D eigenvalue weighted by molar-refractivity contribution is 0.256. The molecule has 0 amide bonds. The van der Waals surface area contributed by atoms with Gasteiger partial charge < -0.3 is 14.9 Å². The molecule has 0 heterocycles. The highest BCUT2D eigenvalue weighted by Gasteiger charge is 2.08. The molecular weight excluding hydrogens is 216 g/mol. The van der Waals surface area contributed by atoms with Crippen LogP contribution in [0.4, 0.5) is 0 Å². The highest BCUT2D eigenvalue weighted by atomic mass is 16.5. The molecule has 0 aromatic heterocycles. The SMILES string of the molecule is OCc1cccc(Oc2ccccc2)c1CO. The van der Waals surface area contributed by atoms with E-state index in [1.165, 1.54) is 0 Å². The van der Waals surface area contributed by atoms with E-state index in [0.717, 1.165) is 0 Å². The second-order valence-corrected chi connectivity index (χ2v) is 3.63. The van der Waals surface area contributed by atoms with E-state index in [2.05, 4.69) is 0 Å². The van der Waals surface area contributed by atoms with Crippen LogP contribution in [0.5, 0.6) is 11.5 Å². The standard InChI is InChI=1S/C14H14O3/c15-9-11-5-4-8-14(13(11)10-16)17-12-6-2-1-3-7-12/h1-8,15-16H,9-10H2. The Morgan fingerprint density at radius 1 is 0.824 bits per heavy atom. The third kappa shape index (κ3) is 2.64. The van der Waals surface area contributed by atoms with E-state index in [0.29, 0.717) is 22.6 Å². The first-order chi connectivity index (χ1) is 8.35. The zero-order valence-corrected chi connectivity index (χ0v) is 9.34. The highest BCUT2D eigenvalue weighted by molar-refractivity contribution is 5.42. The van der Waals surface area contributed by atoms with Crippen molar-refractivity contribution in [3.63, 3.8) is 0 Å². The van der Waals surface area contributed by atoms with E-state index in [-0.39, 0.29) is 13.2 Å². The van der Waals surface area contributed by atoms with Crippen molar-refractivity contribution in [2.24, 2.45) is 0 Å². The molecule has 2 rings (SSSR count). The molecule has 0 unspecified atom stereocenters.